The van der Waals surface area contributed by atoms with Crippen LogP contribution < -0.4 is 0 Å². The van der Waals surface area contributed by atoms with Crippen LogP contribution in [0.25, 0.3) is 0 Å². The van der Waals surface area contributed by atoms with Crippen molar-refractivity contribution < 1.29 is 18.8 Å². The average Bonchev–Trinajstić information content (AvgIpc) is 2.47. The van der Waals surface area contributed by atoms with Gasteiger partial charge in [0.05, 0.1) is 34.8 Å². The summed E-state index contributed by atoms with van der Waals surface area (Å²) in [5.41, 5.74) is 0.884. The topological polar surface area (TPSA) is 66.8 Å². The van der Waals surface area contributed by atoms with Crippen LogP contribution in [0.5, 0.6) is 0 Å². The minimum absolute atomic E-state index is 0.0610. The smallest absolute Gasteiger partial charge is 0.335 e. The Morgan fingerprint density at radius 3 is 2.95 bits per heavy atom. The Bertz CT molecular complexity index is 546. The number of carbonyl (C=O) groups is 1. The molecule has 1 heterocycles. The third-order valence-corrected chi connectivity index (χ3v) is 5.16. The van der Waals surface area contributed by atoms with Gasteiger partial charge in [-0.2, -0.15) is 0 Å². The van der Waals surface area contributed by atoms with Gasteiger partial charge in [0.1, 0.15) is 0 Å². The Kier molecular flexibility index (Phi) is 5.50. The van der Waals surface area contributed by atoms with Crippen LogP contribution in [-0.2, 0) is 15.5 Å². The number of nitrogens with zero attached hydrogens (tertiary/aromatic N) is 1. The van der Waals surface area contributed by atoms with Gasteiger partial charge in [-0.25, -0.2) is 4.79 Å². The highest BCUT2D eigenvalue weighted by Gasteiger charge is 2.22. The van der Waals surface area contributed by atoms with Crippen LogP contribution in [0.2, 0.25) is 0 Å². The minimum atomic E-state index is -1.25. The van der Waals surface area contributed by atoms with E-state index in [1.54, 1.807) is 19.1 Å². The second-order valence-electron chi connectivity index (χ2n) is 5.18. The van der Waals surface area contributed by atoms with Crippen molar-refractivity contribution in [1.82, 2.24) is 4.90 Å². The van der Waals surface area contributed by atoms with E-state index in [4.69, 9.17) is 9.84 Å². The third-order valence-electron chi connectivity index (χ3n) is 3.71. The second kappa shape index (κ2) is 7.15. The van der Waals surface area contributed by atoms with Gasteiger partial charge in [-0.1, -0.05) is 13.0 Å². The lowest BCUT2D eigenvalue weighted by Crippen LogP contribution is -2.44. The number of morpholine rings is 1. The maximum absolute atomic E-state index is 12.4. The summed E-state index contributed by atoms with van der Waals surface area (Å²) in [5.74, 6) is -0.587. The predicted octanol–water partition coefficient (Wildman–Crippen LogP) is 1.52. The van der Waals surface area contributed by atoms with Crippen LogP contribution in [0, 0.1) is 6.92 Å². The molecule has 1 saturated heterocycles. The number of carboxylic acid groups (broad SMARTS) is 1. The van der Waals surface area contributed by atoms with Gasteiger partial charge in [0.25, 0.3) is 0 Å². The van der Waals surface area contributed by atoms with Gasteiger partial charge in [0, 0.05) is 18.0 Å². The quantitative estimate of drug-likeness (QED) is 0.893. The molecule has 2 atom stereocenters. The van der Waals surface area contributed by atoms with Crippen molar-refractivity contribution in [3.8, 4) is 0 Å². The van der Waals surface area contributed by atoms with E-state index in [2.05, 4.69) is 11.8 Å². The van der Waals surface area contributed by atoms with Crippen LogP contribution in [0.15, 0.2) is 23.1 Å². The molecule has 0 saturated carbocycles. The van der Waals surface area contributed by atoms with Crippen molar-refractivity contribution in [2.45, 2.75) is 24.8 Å². The van der Waals surface area contributed by atoms with Crippen LogP contribution in [0.1, 0.15) is 22.8 Å². The van der Waals surface area contributed by atoms with E-state index in [0.717, 1.165) is 19.6 Å². The molecule has 0 amide bonds. The maximum atomic E-state index is 12.4. The summed E-state index contributed by atoms with van der Waals surface area (Å²) >= 11 is 0. The molecule has 0 radical (unpaired) electrons. The molecule has 0 bridgehead atoms. The number of aryl methyl sites for hydroxylation is 1. The lowest BCUT2D eigenvalue weighted by molar-refractivity contribution is -0.0141. The van der Waals surface area contributed by atoms with Gasteiger partial charge in [-0.3, -0.25) is 9.11 Å². The molecular weight excluding hydrogens is 290 g/mol. The van der Waals surface area contributed by atoms with E-state index >= 15 is 0 Å². The van der Waals surface area contributed by atoms with E-state index in [9.17, 15) is 9.00 Å². The molecule has 1 fully saturated rings. The first-order chi connectivity index (χ1) is 10.0. The van der Waals surface area contributed by atoms with E-state index in [1.165, 1.54) is 6.07 Å². The molecule has 5 nitrogen and oxygen atoms in total. The van der Waals surface area contributed by atoms with Crippen molar-refractivity contribution in [2.75, 3.05) is 32.0 Å². The Balaban J connectivity index is 2.06. The molecule has 1 N–H and O–H groups in total. The van der Waals surface area contributed by atoms with Gasteiger partial charge >= 0.3 is 5.97 Å². The number of benzene rings is 1. The molecular formula is C15H21NO4S. The van der Waals surface area contributed by atoms with Crippen LogP contribution in [0.4, 0.5) is 0 Å². The fourth-order valence-electron chi connectivity index (χ4n) is 2.41. The highest BCUT2D eigenvalue weighted by atomic mass is 32.2. The van der Waals surface area contributed by atoms with Crippen molar-refractivity contribution >= 4 is 16.8 Å². The second-order valence-corrected chi connectivity index (χ2v) is 6.68. The summed E-state index contributed by atoms with van der Waals surface area (Å²) in [4.78, 5) is 14.0. The summed E-state index contributed by atoms with van der Waals surface area (Å²) in [7, 11) is -1.25. The molecule has 6 heteroatoms. The van der Waals surface area contributed by atoms with E-state index in [0.29, 0.717) is 22.8 Å². The van der Waals surface area contributed by atoms with Crippen molar-refractivity contribution in [1.29, 1.82) is 0 Å². The average molecular weight is 311 g/mol. The van der Waals surface area contributed by atoms with Gasteiger partial charge in [-0.15, -0.1) is 0 Å². The molecule has 0 aromatic heterocycles. The fourth-order valence-corrected chi connectivity index (χ4v) is 3.61. The first kappa shape index (κ1) is 16.1. The Hall–Kier alpha value is -1.24. The van der Waals surface area contributed by atoms with E-state index in [1.807, 2.05) is 0 Å². The largest absolute Gasteiger partial charge is 0.478 e. The standard InChI is InChI=1S/C15H21NO4S/c1-3-16-6-7-20-12(9-16)10-21(19)13-5-4-11(2)14(8-13)15(17)18/h4-5,8,12H,3,6-7,9-10H2,1-2H3,(H,17,18). The Morgan fingerprint density at radius 2 is 2.29 bits per heavy atom. The summed E-state index contributed by atoms with van der Waals surface area (Å²) in [5, 5.41) is 9.13. The fraction of sp³-hybridized carbons (Fsp3) is 0.533. The van der Waals surface area contributed by atoms with Crippen molar-refractivity contribution in [3.05, 3.63) is 29.3 Å². The first-order valence-electron chi connectivity index (χ1n) is 7.07. The number of aromatic carboxylic acids is 1. The molecule has 21 heavy (non-hydrogen) atoms. The molecule has 2 rings (SSSR count). The van der Waals surface area contributed by atoms with Crippen LogP contribution >= 0.6 is 0 Å². The van der Waals surface area contributed by atoms with Gasteiger partial charge in [0.15, 0.2) is 0 Å². The maximum Gasteiger partial charge on any atom is 0.335 e. The predicted molar refractivity (Wildman–Crippen MR) is 81.3 cm³/mol. The zero-order valence-corrected chi connectivity index (χ0v) is 13.2. The molecule has 1 aromatic carbocycles. The number of hydrogen-bond acceptors (Lipinski definition) is 4. The third kappa shape index (κ3) is 4.12. The normalized spacial score (nSPS) is 21.1. The van der Waals surface area contributed by atoms with E-state index in [-0.39, 0.29) is 11.7 Å². The SMILES string of the molecule is CCN1CCOC(CS(=O)c2ccc(C)c(C(=O)O)c2)C1. The lowest BCUT2D eigenvalue weighted by Gasteiger charge is -2.31. The van der Waals surface area contributed by atoms with E-state index < -0.39 is 16.8 Å². The van der Waals surface area contributed by atoms with Crippen molar-refractivity contribution in [3.63, 3.8) is 0 Å². The number of ether oxygens (including phenoxy) is 1. The number of likely N-dealkylation sites (N-methyl/N-ethyl adjacent to an activating group) is 1. The lowest BCUT2D eigenvalue weighted by atomic mass is 10.1. The van der Waals surface area contributed by atoms with Crippen LogP contribution in [-0.4, -0.2) is 58.3 Å². The molecule has 1 aliphatic rings. The van der Waals surface area contributed by atoms with Gasteiger partial charge < -0.3 is 9.84 Å². The summed E-state index contributed by atoms with van der Waals surface area (Å²) < 4.78 is 18.1. The zero-order valence-electron chi connectivity index (χ0n) is 12.4. The Morgan fingerprint density at radius 1 is 1.52 bits per heavy atom. The highest BCUT2D eigenvalue weighted by Crippen LogP contribution is 2.16. The highest BCUT2D eigenvalue weighted by molar-refractivity contribution is 7.85. The van der Waals surface area contributed by atoms with Crippen molar-refractivity contribution in [2.24, 2.45) is 0 Å². The molecule has 0 spiro atoms. The summed E-state index contributed by atoms with van der Waals surface area (Å²) in [6.45, 7) is 7.13. The molecule has 2 unspecified atom stereocenters. The molecule has 1 aliphatic heterocycles. The van der Waals surface area contributed by atoms with Crippen LogP contribution in [0.3, 0.4) is 0 Å². The minimum Gasteiger partial charge on any atom is -0.478 e. The Labute approximate surface area is 127 Å². The molecule has 116 valence electrons. The molecule has 0 aliphatic carbocycles. The number of carboxylic acids is 1. The zero-order chi connectivity index (χ0) is 15.4. The number of hydrogen-bond donors (Lipinski definition) is 1. The number of rotatable bonds is 5. The van der Waals surface area contributed by atoms with Gasteiger partial charge in [0.2, 0.25) is 0 Å². The summed E-state index contributed by atoms with van der Waals surface area (Å²) in [6.07, 6.45) is -0.0610. The monoisotopic (exact) mass is 311 g/mol. The molecule has 1 aromatic rings. The first-order valence-corrected chi connectivity index (χ1v) is 8.39. The van der Waals surface area contributed by atoms with Gasteiger partial charge in [-0.05, 0) is 31.2 Å². The summed E-state index contributed by atoms with van der Waals surface area (Å²) in [6, 6.07) is 4.95.